The zero-order valence-corrected chi connectivity index (χ0v) is 8.93. The minimum atomic E-state index is 0.587. The molecular weight excluding hydrogens is 188 g/mol. The van der Waals surface area contributed by atoms with Gasteiger partial charge in [0.25, 0.3) is 0 Å². The van der Waals surface area contributed by atoms with E-state index in [1.165, 1.54) is 13.0 Å². The van der Waals surface area contributed by atoms with E-state index in [0.717, 1.165) is 25.4 Å². The van der Waals surface area contributed by atoms with E-state index in [2.05, 4.69) is 4.90 Å². The molecule has 0 aliphatic carbocycles. The number of nitrogens with zero attached hydrogens (tertiary/aromatic N) is 1. The summed E-state index contributed by atoms with van der Waals surface area (Å²) in [7, 11) is 0. The molecule has 82 valence electrons. The summed E-state index contributed by atoms with van der Waals surface area (Å²) in [5.74, 6) is 0.947. The number of benzene rings is 1. The van der Waals surface area contributed by atoms with E-state index in [-0.39, 0.29) is 0 Å². The summed E-state index contributed by atoms with van der Waals surface area (Å²) in [5, 5.41) is 0. The van der Waals surface area contributed by atoms with Crippen molar-refractivity contribution < 1.29 is 4.74 Å². The molecule has 0 saturated carbocycles. The average Bonchev–Trinajstić information content (AvgIpc) is 2.25. The van der Waals surface area contributed by atoms with E-state index in [1.54, 1.807) is 0 Å². The van der Waals surface area contributed by atoms with Crippen LogP contribution in [-0.2, 0) is 0 Å². The van der Waals surface area contributed by atoms with Crippen LogP contribution in [-0.4, -0.2) is 37.2 Å². The molecule has 2 rings (SSSR count). The van der Waals surface area contributed by atoms with Gasteiger partial charge in [-0.3, -0.25) is 4.90 Å². The van der Waals surface area contributed by atoms with E-state index in [1.807, 2.05) is 30.3 Å². The fraction of sp³-hybridized carbons (Fsp3) is 0.500. The number of rotatable bonds is 5. The van der Waals surface area contributed by atoms with Crippen LogP contribution in [0.2, 0.25) is 0 Å². The molecule has 1 atom stereocenters. The molecular formula is C12H18N2O. The van der Waals surface area contributed by atoms with Gasteiger partial charge in [-0.15, -0.1) is 0 Å². The molecule has 1 aromatic carbocycles. The summed E-state index contributed by atoms with van der Waals surface area (Å²) in [5.41, 5.74) is 5.62. The minimum Gasteiger partial charge on any atom is -0.492 e. The van der Waals surface area contributed by atoms with Gasteiger partial charge in [-0.1, -0.05) is 18.2 Å². The monoisotopic (exact) mass is 206 g/mol. The van der Waals surface area contributed by atoms with Gasteiger partial charge in [0.2, 0.25) is 0 Å². The molecule has 3 nitrogen and oxygen atoms in total. The van der Waals surface area contributed by atoms with E-state index in [0.29, 0.717) is 6.04 Å². The summed E-state index contributed by atoms with van der Waals surface area (Å²) in [6.45, 7) is 3.67. The fourth-order valence-electron chi connectivity index (χ4n) is 1.85. The first kappa shape index (κ1) is 10.5. The van der Waals surface area contributed by atoms with Gasteiger partial charge in [-0.2, -0.15) is 0 Å². The Bertz CT molecular complexity index is 287. The van der Waals surface area contributed by atoms with Crippen LogP contribution in [0, 0.1) is 0 Å². The predicted octanol–water partition coefficient (Wildman–Crippen LogP) is 1.10. The highest BCUT2D eigenvalue weighted by Crippen LogP contribution is 2.15. The van der Waals surface area contributed by atoms with Crippen LogP contribution >= 0.6 is 0 Å². The van der Waals surface area contributed by atoms with Crippen LogP contribution in [0.15, 0.2) is 30.3 Å². The van der Waals surface area contributed by atoms with Crippen molar-refractivity contribution in [2.45, 2.75) is 12.5 Å². The number of hydrogen-bond acceptors (Lipinski definition) is 3. The number of hydrogen-bond donors (Lipinski definition) is 1. The van der Waals surface area contributed by atoms with Gasteiger partial charge in [0.1, 0.15) is 12.4 Å². The normalized spacial score (nSPS) is 21.0. The fourth-order valence-corrected chi connectivity index (χ4v) is 1.85. The first-order chi connectivity index (χ1) is 7.40. The topological polar surface area (TPSA) is 38.5 Å². The Morgan fingerprint density at radius 2 is 2.13 bits per heavy atom. The molecule has 15 heavy (non-hydrogen) atoms. The second-order valence-corrected chi connectivity index (χ2v) is 3.88. The quantitative estimate of drug-likeness (QED) is 0.784. The highest BCUT2D eigenvalue weighted by atomic mass is 16.5. The van der Waals surface area contributed by atoms with Crippen molar-refractivity contribution >= 4 is 0 Å². The summed E-state index contributed by atoms with van der Waals surface area (Å²) in [6.07, 6.45) is 1.24. The van der Waals surface area contributed by atoms with Gasteiger partial charge in [0, 0.05) is 25.7 Å². The summed E-state index contributed by atoms with van der Waals surface area (Å²) in [4.78, 5) is 2.38. The van der Waals surface area contributed by atoms with E-state index >= 15 is 0 Å². The van der Waals surface area contributed by atoms with Crippen LogP contribution in [0.3, 0.4) is 0 Å². The maximum Gasteiger partial charge on any atom is 0.119 e. The van der Waals surface area contributed by atoms with Crippen molar-refractivity contribution in [3.8, 4) is 5.75 Å². The van der Waals surface area contributed by atoms with Crippen molar-refractivity contribution in [1.29, 1.82) is 0 Å². The van der Waals surface area contributed by atoms with Crippen molar-refractivity contribution in [3.05, 3.63) is 30.3 Å². The smallest absolute Gasteiger partial charge is 0.119 e. The minimum absolute atomic E-state index is 0.587. The highest BCUT2D eigenvalue weighted by molar-refractivity contribution is 5.20. The van der Waals surface area contributed by atoms with Crippen LogP contribution in [0.4, 0.5) is 0 Å². The van der Waals surface area contributed by atoms with Crippen molar-refractivity contribution in [2.24, 2.45) is 5.73 Å². The van der Waals surface area contributed by atoms with Gasteiger partial charge < -0.3 is 10.5 Å². The Labute approximate surface area is 90.8 Å². The van der Waals surface area contributed by atoms with Crippen molar-refractivity contribution in [3.63, 3.8) is 0 Å². The number of ether oxygens (including phenoxy) is 1. The molecule has 0 amide bonds. The molecule has 1 aliphatic heterocycles. The first-order valence-corrected chi connectivity index (χ1v) is 5.52. The van der Waals surface area contributed by atoms with Crippen LogP contribution in [0.5, 0.6) is 5.75 Å². The molecule has 1 unspecified atom stereocenters. The van der Waals surface area contributed by atoms with Gasteiger partial charge in [0.15, 0.2) is 0 Å². The second kappa shape index (κ2) is 5.14. The van der Waals surface area contributed by atoms with Crippen molar-refractivity contribution in [2.75, 3.05) is 26.2 Å². The molecule has 1 saturated heterocycles. The number of nitrogens with two attached hydrogens (primary N) is 1. The van der Waals surface area contributed by atoms with Crippen LogP contribution in [0.1, 0.15) is 6.42 Å². The Kier molecular flexibility index (Phi) is 3.59. The standard InChI is InChI=1S/C12H18N2O/c13-10-11-6-7-14(11)8-9-15-12-4-2-1-3-5-12/h1-5,11H,6-10,13H2. The second-order valence-electron chi connectivity index (χ2n) is 3.88. The van der Waals surface area contributed by atoms with Gasteiger partial charge in [-0.25, -0.2) is 0 Å². The lowest BCUT2D eigenvalue weighted by molar-refractivity contribution is 0.0784. The van der Waals surface area contributed by atoms with E-state index in [4.69, 9.17) is 10.5 Å². The number of para-hydroxylation sites is 1. The third-order valence-corrected chi connectivity index (χ3v) is 2.93. The molecule has 0 bridgehead atoms. The zero-order chi connectivity index (χ0) is 10.5. The third-order valence-electron chi connectivity index (χ3n) is 2.93. The lowest BCUT2D eigenvalue weighted by Crippen LogP contribution is -2.52. The third kappa shape index (κ3) is 2.70. The predicted molar refractivity (Wildman–Crippen MR) is 61.0 cm³/mol. The van der Waals surface area contributed by atoms with E-state index < -0.39 is 0 Å². The molecule has 0 radical (unpaired) electrons. The molecule has 2 N–H and O–H groups in total. The largest absolute Gasteiger partial charge is 0.492 e. The molecule has 0 spiro atoms. The first-order valence-electron chi connectivity index (χ1n) is 5.52. The molecule has 3 heteroatoms. The maximum atomic E-state index is 5.62. The molecule has 1 fully saturated rings. The maximum absolute atomic E-state index is 5.62. The van der Waals surface area contributed by atoms with Crippen LogP contribution < -0.4 is 10.5 Å². The SMILES string of the molecule is NCC1CCN1CCOc1ccccc1. The van der Waals surface area contributed by atoms with E-state index in [9.17, 15) is 0 Å². The molecule has 1 aromatic rings. The average molecular weight is 206 g/mol. The molecule has 0 aromatic heterocycles. The Hall–Kier alpha value is -1.06. The van der Waals surface area contributed by atoms with Gasteiger partial charge >= 0.3 is 0 Å². The Morgan fingerprint density at radius 1 is 1.33 bits per heavy atom. The van der Waals surface area contributed by atoms with Crippen LogP contribution in [0.25, 0.3) is 0 Å². The molecule has 1 aliphatic rings. The molecule has 1 heterocycles. The number of likely N-dealkylation sites (tertiary alicyclic amines) is 1. The lowest BCUT2D eigenvalue weighted by Gasteiger charge is -2.40. The highest BCUT2D eigenvalue weighted by Gasteiger charge is 2.25. The Balaban J connectivity index is 1.67. The summed E-state index contributed by atoms with van der Waals surface area (Å²) >= 11 is 0. The Morgan fingerprint density at radius 3 is 2.73 bits per heavy atom. The summed E-state index contributed by atoms with van der Waals surface area (Å²) < 4.78 is 5.62. The lowest BCUT2D eigenvalue weighted by atomic mass is 10.0. The zero-order valence-electron chi connectivity index (χ0n) is 8.93. The van der Waals surface area contributed by atoms with Crippen molar-refractivity contribution in [1.82, 2.24) is 4.90 Å². The van der Waals surface area contributed by atoms with Gasteiger partial charge in [-0.05, 0) is 18.6 Å². The summed E-state index contributed by atoms with van der Waals surface area (Å²) in [6, 6.07) is 10.5. The van der Waals surface area contributed by atoms with Gasteiger partial charge in [0.05, 0.1) is 0 Å².